The van der Waals surface area contributed by atoms with Crippen LogP contribution in [0.5, 0.6) is 0 Å². The predicted octanol–water partition coefficient (Wildman–Crippen LogP) is 1.50. The standard InChI is InChI=1S/C16H18N2O4.C2H6/c1-17-15(21)14(3-2-7-19)18-10-12-9-11(6-8-20)4-5-13(12)16(18)22;1-2/h4-5,7-9,14H,2-3,6,10H2,1H3,(H,17,21);1-2H3. The van der Waals surface area contributed by atoms with Gasteiger partial charge in [0.1, 0.15) is 18.6 Å². The number of aldehydes is 2. The van der Waals surface area contributed by atoms with Gasteiger partial charge < -0.3 is 19.8 Å². The van der Waals surface area contributed by atoms with E-state index in [1.165, 1.54) is 11.9 Å². The van der Waals surface area contributed by atoms with E-state index in [2.05, 4.69) is 5.32 Å². The van der Waals surface area contributed by atoms with E-state index in [4.69, 9.17) is 0 Å². The van der Waals surface area contributed by atoms with Gasteiger partial charge in [0.25, 0.3) is 5.91 Å². The largest absolute Gasteiger partial charge is 0.357 e. The van der Waals surface area contributed by atoms with E-state index in [9.17, 15) is 19.2 Å². The van der Waals surface area contributed by atoms with Crippen molar-refractivity contribution in [2.24, 2.45) is 0 Å². The summed E-state index contributed by atoms with van der Waals surface area (Å²) in [6.45, 7) is 4.32. The molecule has 0 saturated heterocycles. The maximum Gasteiger partial charge on any atom is 0.255 e. The Bertz CT molecular complexity index is 613. The Morgan fingerprint density at radius 3 is 2.58 bits per heavy atom. The van der Waals surface area contributed by atoms with E-state index >= 15 is 0 Å². The predicted molar refractivity (Wildman–Crippen MR) is 90.6 cm³/mol. The summed E-state index contributed by atoms with van der Waals surface area (Å²) in [6, 6.07) is 4.60. The van der Waals surface area contributed by atoms with Gasteiger partial charge in [0.15, 0.2) is 0 Å². The highest BCUT2D eigenvalue weighted by Crippen LogP contribution is 2.27. The van der Waals surface area contributed by atoms with Crippen LogP contribution in [-0.4, -0.2) is 42.4 Å². The third kappa shape index (κ3) is 4.28. The molecule has 0 bridgehead atoms. The van der Waals surface area contributed by atoms with E-state index in [0.29, 0.717) is 24.9 Å². The first-order valence-corrected chi connectivity index (χ1v) is 8.14. The molecule has 1 heterocycles. The number of benzene rings is 1. The molecular formula is C18H24N2O4. The Morgan fingerprint density at radius 1 is 1.29 bits per heavy atom. The van der Waals surface area contributed by atoms with Crippen LogP contribution >= 0.6 is 0 Å². The molecule has 0 saturated carbocycles. The third-order valence-electron chi connectivity index (χ3n) is 3.80. The van der Waals surface area contributed by atoms with Gasteiger partial charge in [-0.1, -0.05) is 26.0 Å². The van der Waals surface area contributed by atoms with Crippen molar-refractivity contribution in [3.05, 3.63) is 34.9 Å². The van der Waals surface area contributed by atoms with Gasteiger partial charge in [-0.2, -0.15) is 0 Å². The Hall–Kier alpha value is -2.50. The summed E-state index contributed by atoms with van der Waals surface area (Å²) in [7, 11) is 1.51. The SMILES string of the molecule is CC.CNC(=O)C(CCC=O)N1Cc2cc(CC=O)ccc2C1=O. The van der Waals surface area contributed by atoms with Gasteiger partial charge in [0, 0.05) is 32.0 Å². The summed E-state index contributed by atoms with van der Waals surface area (Å²) >= 11 is 0. The smallest absolute Gasteiger partial charge is 0.255 e. The van der Waals surface area contributed by atoms with Crippen LogP contribution < -0.4 is 5.32 Å². The van der Waals surface area contributed by atoms with Gasteiger partial charge in [-0.25, -0.2) is 0 Å². The van der Waals surface area contributed by atoms with Crippen molar-refractivity contribution in [1.29, 1.82) is 0 Å². The van der Waals surface area contributed by atoms with Crippen molar-refractivity contribution in [3.63, 3.8) is 0 Å². The highest BCUT2D eigenvalue weighted by Gasteiger charge is 2.35. The molecule has 0 aromatic heterocycles. The minimum absolute atomic E-state index is 0.216. The number of amides is 2. The summed E-state index contributed by atoms with van der Waals surface area (Å²) in [5.41, 5.74) is 2.20. The van der Waals surface area contributed by atoms with Crippen molar-refractivity contribution >= 4 is 24.4 Å². The number of hydrogen-bond acceptors (Lipinski definition) is 4. The molecule has 1 atom stereocenters. The van der Waals surface area contributed by atoms with Crippen LogP contribution in [0.2, 0.25) is 0 Å². The van der Waals surface area contributed by atoms with Crippen LogP contribution in [0.1, 0.15) is 48.2 Å². The number of hydrogen-bond donors (Lipinski definition) is 1. The number of fused-ring (bicyclic) bond motifs is 1. The van der Waals surface area contributed by atoms with Crippen molar-refractivity contribution in [2.75, 3.05) is 7.05 Å². The Labute approximate surface area is 142 Å². The third-order valence-corrected chi connectivity index (χ3v) is 3.80. The molecule has 1 aromatic carbocycles. The zero-order valence-electron chi connectivity index (χ0n) is 14.4. The van der Waals surface area contributed by atoms with E-state index in [1.807, 2.05) is 19.9 Å². The fourth-order valence-corrected chi connectivity index (χ4v) is 2.69. The molecule has 0 fully saturated rings. The van der Waals surface area contributed by atoms with Gasteiger partial charge in [-0.05, 0) is 23.6 Å². The molecule has 1 aromatic rings. The second-order valence-electron chi connectivity index (χ2n) is 5.17. The van der Waals surface area contributed by atoms with E-state index < -0.39 is 6.04 Å². The van der Waals surface area contributed by atoms with Gasteiger partial charge in [0.2, 0.25) is 5.91 Å². The maximum absolute atomic E-state index is 12.5. The van der Waals surface area contributed by atoms with E-state index in [-0.39, 0.29) is 18.2 Å². The normalized spacial score (nSPS) is 13.5. The van der Waals surface area contributed by atoms with E-state index in [0.717, 1.165) is 23.7 Å². The Kier molecular flexibility index (Phi) is 7.82. The molecule has 1 aliphatic rings. The highest BCUT2D eigenvalue weighted by molar-refractivity contribution is 6.01. The number of rotatable bonds is 7. The topological polar surface area (TPSA) is 83.6 Å². The fourth-order valence-electron chi connectivity index (χ4n) is 2.69. The zero-order valence-corrected chi connectivity index (χ0v) is 14.4. The lowest BCUT2D eigenvalue weighted by atomic mass is 10.0. The number of carbonyl (C=O) groups is 4. The lowest BCUT2D eigenvalue weighted by Gasteiger charge is -2.25. The maximum atomic E-state index is 12.5. The molecule has 1 aliphatic heterocycles. The van der Waals surface area contributed by atoms with Crippen LogP contribution in [0.3, 0.4) is 0 Å². The molecule has 130 valence electrons. The number of nitrogens with one attached hydrogen (secondary N) is 1. The average molecular weight is 332 g/mol. The van der Waals surface area contributed by atoms with E-state index in [1.54, 1.807) is 12.1 Å². The Morgan fingerprint density at radius 2 is 2.00 bits per heavy atom. The van der Waals surface area contributed by atoms with Crippen LogP contribution in [0.25, 0.3) is 0 Å². The first kappa shape index (κ1) is 19.5. The van der Waals surface area contributed by atoms with Gasteiger partial charge in [-0.15, -0.1) is 0 Å². The van der Waals surface area contributed by atoms with Gasteiger partial charge >= 0.3 is 0 Å². The van der Waals surface area contributed by atoms with Crippen LogP contribution in [0.15, 0.2) is 18.2 Å². The minimum Gasteiger partial charge on any atom is -0.357 e. The van der Waals surface area contributed by atoms with Gasteiger partial charge in [-0.3, -0.25) is 9.59 Å². The lowest BCUT2D eigenvalue weighted by molar-refractivity contribution is -0.125. The first-order valence-electron chi connectivity index (χ1n) is 8.14. The molecule has 6 nitrogen and oxygen atoms in total. The first-order chi connectivity index (χ1) is 11.6. The monoisotopic (exact) mass is 332 g/mol. The molecule has 2 rings (SSSR count). The average Bonchev–Trinajstić information content (AvgIpc) is 2.93. The number of likely N-dealkylation sites (N-methyl/N-ethyl adjacent to an activating group) is 1. The highest BCUT2D eigenvalue weighted by atomic mass is 16.2. The second-order valence-corrected chi connectivity index (χ2v) is 5.17. The van der Waals surface area contributed by atoms with Crippen molar-refractivity contribution in [3.8, 4) is 0 Å². The Balaban J connectivity index is 0.00000139. The van der Waals surface area contributed by atoms with Crippen molar-refractivity contribution in [2.45, 2.75) is 45.7 Å². The minimum atomic E-state index is -0.662. The summed E-state index contributed by atoms with van der Waals surface area (Å²) in [4.78, 5) is 47.1. The summed E-state index contributed by atoms with van der Waals surface area (Å²) in [5.74, 6) is -0.497. The molecule has 1 N–H and O–H groups in total. The van der Waals surface area contributed by atoms with Gasteiger partial charge in [0.05, 0.1) is 0 Å². The zero-order chi connectivity index (χ0) is 18.1. The summed E-state index contributed by atoms with van der Waals surface area (Å²) < 4.78 is 0. The molecule has 0 aliphatic carbocycles. The number of carbonyl (C=O) groups excluding carboxylic acids is 4. The van der Waals surface area contributed by atoms with Crippen molar-refractivity contribution < 1.29 is 19.2 Å². The molecule has 2 amide bonds. The molecule has 6 heteroatoms. The molecule has 24 heavy (non-hydrogen) atoms. The molecule has 0 radical (unpaired) electrons. The van der Waals surface area contributed by atoms with Crippen LogP contribution in [0, 0.1) is 0 Å². The van der Waals surface area contributed by atoms with Crippen LogP contribution in [0.4, 0.5) is 0 Å². The molecular weight excluding hydrogens is 308 g/mol. The number of nitrogens with zero attached hydrogens (tertiary/aromatic N) is 1. The summed E-state index contributed by atoms with van der Waals surface area (Å²) in [6.07, 6.45) is 2.36. The molecule has 0 spiro atoms. The summed E-state index contributed by atoms with van der Waals surface area (Å²) in [5, 5.41) is 2.53. The lowest BCUT2D eigenvalue weighted by Crippen LogP contribution is -2.46. The fraction of sp³-hybridized carbons (Fsp3) is 0.444. The van der Waals surface area contributed by atoms with Crippen LogP contribution in [-0.2, 0) is 27.3 Å². The van der Waals surface area contributed by atoms with Crippen molar-refractivity contribution in [1.82, 2.24) is 10.2 Å². The molecule has 1 unspecified atom stereocenters. The quantitative estimate of drug-likeness (QED) is 0.767. The second kappa shape index (κ2) is 9.60.